The van der Waals surface area contributed by atoms with Gasteiger partial charge in [0.1, 0.15) is 11.6 Å². The summed E-state index contributed by atoms with van der Waals surface area (Å²) in [7, 11) is 0. The molecule has 0 aliphatic carbocycles. The largest absolute Gasteiger partial charge is 0.434 e. The molecular weight excluding hydrogens is 422 g/mol. The van der Waals surface area contributed by atoms with E-state index in [4.69, 9.17) is 5.73 Å². The first kappa shape index (κ1) is 19.1. The van der Waals surface area contributed by atoms with Crippen LogP contribution in [0.25, 0.3) is 0 Å². The molecule has 8 heteroatoms. The number of guanidine groups is 1. The maximum Gasteiger partial charge on any atom is 0.387 e. The number of alkyl halides is 2. The van der Waals surface area contributed by atoms with Crippen molar-refractivity contribution in [1.82, 2.24) is 0 Å². The fourth-order valence-corrected chi connectivity index (χ4v) is 1.77. The maximum atomic E-state index is 13.7. The number of nitrogens with two attached hydrogens (primary N) is 1. The van der Waals surface area contributed by atoms with Crippen molar-refractivity contribution < 1.29 is 17.9 Å². The van der Waals surface area contributed by atoms with E-state index in [0.717, 1.165) is 6.07 Å². The molecule has 0 spiro atoms. The fourth-order valence-electron chi connectivity index (χ4n) is 1.77. The molecule has 4 nitrogen and oxygen atoms in total. The van der Waals surface area contributed by atoms with Crippen LogP contribution in [0.2, 0.25) is 0 Å². The van der Waals surface area contributed by atoms with Crippen LogP contribution in [0.5, 0.6) is 5.75 Å². The number of anilines is 1. The molecule has 0 fully saturated rings. The van der Waals surface area contributed by atoms with Gasteiger partial charge in [-0.05, 0) is 24.3 Å². The SMILES string of the molecule is I.NC(=NCc1c(F)cccc1OC(F)F)Nc1ccccc1. The Balaban J connectivity index is 0.00000264. The Morgan fingerprint density at radius 3 is 2.48 bits per heavy atom. The minimum absolute atomic E-state index is 0. The summed E-state index contributed by atoms with van der Waals surface area (Å²) in [6, 6.07) is 12.7. The summed E-state index contributed by atoms with van der Waals surface area (Å²) in [5.41, 5.74) is 6.31. The summed E-state index contributed by atoms with van der Waals surface area (Å²) in [4.78, 5) is 3.94. The molecule has 0 saturated heterocycles. The molecule has 0 amide bonds. The second kappa shape index (κ2) is 9.23. The van der Waals surface area contributed by atoms with Gasteiger partial charge >= 0.3 is 6.61 Å². The van der Waals surface area contributed by atoms with E-state index in [-0.39, 0.29) is 47.8 Å². The van der Waals surface area contributed by atoms with Crippen LogP contribution in [0.1, 0.15) is 5.56 Å². The lowest BCUT2D eigenvalue weighted by Crippen LogP contribution is -2.22. The molecule has 0 aliphatic rings. The summed E-state index contributed by atoms with van der Waals surface area (Å²) in [6.45, 7) is -3.26. The third-order valence-electron chi connectivity index (χ3n) is 2.75. The number of hydrogen-bond donors (Lipinski definition) is 2. The monoisotopic (exact) mass is 437 g/mol. The highest BCUT2D eigenvalue weighted by Crippen LogP contribution is 2.24. The van der Waals surface area contributed by atoms with Crippen LogP contribution in [-0.2, 0) is 6.54 Å². The van der Waals surface area contributed by atoms with Crippen molar-refractivity contribution in [3.63, 3.8) is 0 Å². The van der Waals surface area contributed by atoms with Crippen molar-refractivity contribution >= 4 is 35.6 Å². The number of para-hydroxylation sites is 1. The normalized spacial score (nSPS) is 11.0. The lowest BCUT2D eigenvalue weighted by atomic mass is 10.2. The van der Waals surface area contributed by atoms with Crippen molar-refractivity contribution in [1.29, 1.82) is 0 Å². The molecular formula is C15H15F3IN3O. The van der Waals surface area contributed by atoms with Gasteiger partial charge in [0.2, 0.25) is 0 Å². The third kappa shape index (κ3) is 5.97. The van der Waals surface area contributed by atoms with Crippen LogP contribution >= 0.6 is 24.0 Å². The highest BCUT2D eigenvalue weighted by atomic mass is 127. The first-order valence-electron chi connectivity index (χ1n) is 6.40. The van der Waals surface area contributed by atoms with Crippen molar-refractivity contribution in [3.05, 3.63) is 59.9 Å². The molecule has 124 valence electrons. The summed E-state index contributed by atoms with van der Waals surface area (Å²) in [5, 5.41) is 2.81. The van der Waals surface area contributed by atoms with E-state index >= 15 is 0 Å². The summed E-state index contributed by atoms with van der Waals surface area (Å²) >= 11 is 0. The Kier molecular flexibility index (Phi) is 7.66. The van der Waals surface area contributed by atoms with E-state index in [2.05, 4.69) is 15.0 Å². The Hall–Kier alpha value is -1.97. The van der Waals surface area contributed by atoms with Gasteiger partial charge in [0.15, 0.2) is 5.96 Å². The molecule has 0 bridgehead atoms. The highest BCUT2D eigenvalue weighted by Gasteiger charge is 2.13. The minimum Gasteiger partial charge on any atom is -0.434 e. The Morgan fingerprint density at radius 1 is 1.13 bits per heavy atom. The molecule has 0 saturated carbocycles. The van der Waals surface area contributed by atoms with Gasteiger partial charge in [-0.3, -0.25) is 0 Å². The number of hydrogen-bond acceptors (Lipinski definition) is 2. The van der Waals surface area contributed by atoms with Crippen molar-refractivity contribution in [2.75, 3.05) is 5.32 Å². The first-order chi connectivity index (χ1) is 10.6. The topological polar surface area (TPSA) is 59.6 Å². The van der Waals surface area contributed by atoms with E-state index in [9.17, 15) is 13.2 Å². The molecule has 0 atom stereocenters. The number of nitrogens with zero attached hydrogens (tertiary/aromatic N) is 1. The van der Waals surface area contributed by atoms with E-state index in [1.165, 1.54) is 12.1 Å². The van der Waals surface area contributed by atoms with Crippen molar-refractivity contribution in [2.45, 2.75) is 13.2 Å². The van der Waals surface area contributed by atoms with Gasteiger partial charge in [0.25, 0.3) is 0 Å². The van der Waals surface area contributed by atoms with Gasteiger partial charge in [-0.25, -0.2) is 9.38 Å². The van der Waals surface area contributed by atoms with Gasteiger partial charge in [-0.2, -0.15) is 8.78 Å². The van der Waals surface area contributed by atoms with Gasteiger partial charge in [0.05, 0.1) is 12.1 Å². The van der Waals surface area contributed by atoms with Gasteiger partial charge in [0, 0.05) is 5.69 Å². The van der Waals surface area contributed by atoms with Crippen molar-refractivity contribution in [3.8, 4) is 5.75 Å². The number of nitrogens with one attached hydrogen (secondary N) is 1. The number of halogens is 4. The van der Waals surface area contributed by atoms with Gasteiger partial charge in [-0.1, -0.05) is 24.3 Å². The van der Waals surface area contributed by atoms with Crippen LogP contribution in [0, 0.1) is 5.82 Å². The zero-order chi connectivity index (χ0) is 15.9. The zero-order valence-corrected chi connectivity index (χ0v) is 14.2. The Bertz CT molecular complexity index is 654. The Labute approximate surface area is 148 Å². The van der Waals surface area contributed by atoms with Gasteiger partial charge in [-0.15, -0.1) is 24.0 Å². The molecule has 0 radical (unpaired) electrons. The second-order valence-corrected chi connectivity index (χ2v) is 4.29. The predicted molar refractivity (Wildman–Crippen MR) is 93.8 cm³/mol. The molecule has 23 heavy (non-hydrogen) atoms. The van der Waals surface area contributed by atoms with Crippen LogP contribution in [0.15, 0.2) is 53.5 Å². The number of rotatable bonds is 5. The fraction of sp³-hybridized carbons (Fsp3) is 0.133. The standard InChI is InChI=1S/C15H14F3N3O.HI/c16-12-7-4-8-13(22-14(17)18)11(12)9-20-15(19)21-10-5-2-1-3-6-10;/h1-8,14H,9H2,(H3,19,20,21);1H. The van der Waals surface area contributed by atoms with Crippen LogP contribution in [-0.4, -0.2) is 12.6 Å². The molecule has 2 aromatic rings. The third-order valence-corrected chi connectivity index (χ3v) is 2.75. The average Bonchev–Trinajstić information content (AvgIpc) is 2.47. The molecule has 2 rings (SSSR count). The smallest absolute Gasteiger partial charge is 0.387 e. The summed E-state index contributed by atoms with van der Waals surface area (Å²) in [5.74, 6) is -0.905. The maximum absolute atomic E-state index is 13.7. The average molecular weight is 437 g/mol. The van der Waals surface area contributed by atoms with Crippen LogP contribution in [0.3, 0.4) is 0 Å². The zero-order valence-electron chi connectivity index (χ0n) is 11.9. The van der Waals surface area contributed by atoms with Crippen molar-refractivity contribution in [2.24, 2.45) is 10.7 Å². The lowest BCUT2D eigenvalue weighted by Gasteiger charge is -2.10. The summed E-state index contributed by atoms with van der Waals surface area (Å²) in [6.07, 6.45) is 0. The van der Waals surface area contributed by atoms with E-state index in [1.807, 2.05) is 6.07 Å². The Morgan fingerprint density at radius 2 is 1.83 bits per heavy atom. The second-order valence-electron chi connectivity index (χ2n) is 4.29. The quantitative estimate of drug-likeness (QED) is 0.423. The van der Waals surface area contributed by atoms with E-state index < -0.39 is 12.4 Å². The van der Waals surface area contributed by atoms with Crippen LogP contribution < -0.4 is 15.8 Å². The molecule has 2 aromatic carbocycles. The number of ether oxygens (including phenoxy) is 1. The molecule has 0 aromatic heterocycles. The van der Waals surface area contributed by atoms with Gasteiger partial charge < -0.3 is 15.8 Å². The molecule has 3 N–H and O–H groups in total. The lowest BCUT2D eigenvalue weighted by molar-refractivity contribution is -0.0506. The molecule has 0 unspecified atom stereocenters. The number of aliphatic imine (C=N–C) groups is 1. The molecule has 0 heterocycles. The summed E-state index contributed by atoms with van der Waals surface area (Å²) < 4.78 is 42.6. The van der Waals surface area contributed by atoms with Crippen LogP contribution in [0.4, 0.5) is 18.9 Å². The highest BCUT2D eigenvalue weighted by molar-refractivity contribution is 14.0. The van der Waals surface area contributed by atoms with E-state index in [1.54, 1.807) is 24.3 Å². The first-order valence-corrected chi connectivity index (χ1v) is 6.40. The minimum atomic E-state index is -3.04. The van der Waals surface area contributed by atoms with E-state index in [0.29, 0.717) is 5.69 Å². The predicted octanol–water partition coefficient (Wildman–Crippen LogP) is 3.97. The number of benzene rings is 2. The molecule has 0 aliphatic heterocycles.